The van der Waals surface area contributed by atoms with Gasteiger partial charge in [-0.1, -0.05) is 45.9 Å². The van der Waals surface area contributed by atoms with Crippen molar-refractivity contribution in [1.29, 1.82) is 0 Å². The highest BCUT2D eigenvalue weighted by Crippen LogP contribution is 2.87. The Morgan fingerprint density at radius 3 is 2.29 bits per heavy atom. The molecule has 154 valence electrons. The second-order valence-electron chi connectivity index (χ2n) is 12.2. The normalized spacial score (nSPS) is 54.9. The van der Waals surface area contributed by atoms with E-state index in [1.54, 1.807) is 0 Å². The molecule has 5 aliphatic rings. The Morgan fingerprint density at radius 1 is 1.00 bits per heavy atom. The van der Waals surface area contributed by atoms with Crippen LogP contribution in [0.3, 0.4) is 0 Å². The number of ketones is 1. The zero-order chi connectivity index (χ0) is 20.3. The molecule has 28 heavy (non-hydrogen) atoms. The van der Waals surface area contributed by atoms with Crippen molar-refractivity contribution in [2.75, 3.05) is 14.1 Å². The quantitative estimate of drug-likeness (QED) is 0.433. The summed E-state index contributed by atoms with van der Waals surface area (Å²) in [6.07, 6.45) is 14.7. The fraction of sp³-hybridized carbons (Fsp3) is 0.808. The van der Waals surface area contributed by atoms with E-state index in [1.165, 1.54) is 32.1 Å². The topological polar surface area (TPSA) is 20.3 Å². The lowest BCUT2D eigenvalue weighted by atomic mass is 9.44. The fourth-order valence-electron chi connectivity index (χ4n) is 9.68. The molecule has 0 heterocycles. The lowest BCUT2D eigenvalue weighted by molar-refractivity contribution is -0.116. The van der Waals surface area contributed by atoms with E-state index < -0.39 is 0 Å². The van der Waals surface area contributed by atoms with E-state index in [2.05, 4.69) is 71.8 Å². The van der Waals surface area contributed by atoms with Gasteiger partial charge in [0.15, 0.2) is 5.78 Å². The molecule has 0 amide bonds. The van der Waals surface area contributed by atoms with Gasteiger partial charge in [0.05, 0.1) is 0 Å². The second kappa shape index (κ2) is 5.23. The Morgan fingerprint density at radius 2 is 1.64 bits per heavy atom. The Bertz CT molecular complexity index is 805. The third-order valence-electron chi connectivity index (χ3n) is 11.1. The van der Waals surface area contributed by atoms with Gasteiger partial charge in [-0.25, -0.2) is 0 Å². The van der Waals surface area contributed by atoms with Crippen LogP contribution < -0.4 is 0 Å². The first-order valence-electron chi connectivity index (χ1n) is 11.5. The van der Waals surface area contributed by atoms with Crippen molar-refractivity contribution >= 4 is 5.78 Å². The molecule has 0 aromatic heterocycles. The molecule has 5 rings (SSSR count). The standard InChI is InChI=1S/C26H39NO/c1-8-17-18(28)15-24(5)20-10-9-19-22(2,3)21(27(6)7)11-12-25(19)16-26(20,25)14-13-23(17,24)4/h8-10,19-21H,11-16H2,1-7H3. The summed E-state index contributed by atoms with van der Waals surface area (Å²) in [6, 6.07) is 0.661. The van der Waals surface area contributed by atoms with E-state index in [0.29, 0.717) is 39.9 Å². The molecule has 2 spiro atoms. The molecular formula is C26H39NO. The summed E-state index contributed by atoms with van der Waals surface area (Å²) in [4.78, 5) is 15.4. The molecule has 0 bridgehead atoms. The van der Waals surface area contributed by atoms with Gasteiger partial charge in [-0.2, -0.15) is 0 Å². The fourth-order valence-corrected chi connectivity index (χ4v) is 9.68. The number of carbonyl (C=O) groups excluding carboxylic acids is 1. The summed E-state index contributed by atoms with van der Waals surface area (Å²) in [5.74, 6) is 1.68. The first-order chi connectivity index (χ1) is 13.0. The van der Waals surface area contributed by atoms with Gasteiger partial charge in [-0.05, 0) is 92.2 Å². The summed E-state index contributed by atoms with van der Waals surface area (Å²) in [5.41, 5.74) is 2.55. The molecule has 4 fully saturated rings. The minimum atomic E-state index is 0.0616. The van der Waals surface area contributed by atoms with Gasteiger partial charge in [0.1, 0.15) is 0 Å². The van der Waals surface area contributed by atoms with E-state index in [4.69, 9.17) is 0 Å². The Kier molecular flexibility index (Phi) is 3.57. The molecule has 0 N–H and O–H groups in total. The number of hydrogen-bond acceptors (Lipinski definition) is 2. The van der Waals surface area contributed by atoms with Gasteiger partial charge in [0.25, 0.3) is 0 Å². The molecule has 2 nitrogen and oxygen atoms in total. The molecule has 0 saturated heterocycles. The van der Waals surface area contributed by atoms with Crippen LogP contribution in [0.15, 0.2) is 23.8 Å². The van der Waals surface area contributed by atoms with Gasteiger partial charge >= 0.3 is 0 Å². The maximum Gasteiger partial charge on any atom is 0.159 e. The molecule has 5 aliphatic carbocycles. The van der Waals surface area contributed by atoms with Crippen molar-refractivity contribution in [2.45, 2.75) is 79.2 Å². The first kappa shape index (κ1) is 19.1. The summed E-state index contributed by atoms with van der Waals surface area (Å²) in [5, 5.41) is 0. The van der Waals surface area contributed by atoms with E-state index in [9.17, 15) is 4.79 Å². The van der Waals surface area contributed by atoms with Gasteiger partial charge in [0, 0.05) is 17.9 Å². The third kappa shape index (κ3) is 1.80. The number of Topliss-reactive ketones (excluding diaryl/α,β-unsaturated/α-hetero) is 1. The number of allylic oxidation sites excluding steroid dienone is 4. The minimum absolute atomic E-state index is 0.0616. The predicted molar refractivity (Wildman–Crippen MR) is 115 cm³/mol. The number of carbonyl (C=O) groups is 1. The molecule has 0 aromatic rings. The van der Waals surface area contributed by atoms with Crippen LogP contribution >= 0.6 is 0 Å². The van der Waals surface area contributed by atoms with Crippen LogP contribution in [-0.2, 0) is 4.79 Å². The number of hydrogen-bond donors (Lipinski definition) is 0. The van der Waals surface area contributed by atoms with Crippen molar-refractivity contribution < 1.29 is 4.79 Å². The average Bonchev–Trinajstić information content (AvgIpc) is 3.20. The summed E-state index contributed by atoms with van der Waals surface area (Å²) in [6.45, 7) is 12.0. The van der Waals surface area contributed by atoms with Gasteiger partial charge < -0.3 is 4.90 Å². The van der Waals surface area contributed by atoms with E-state index in [1.807, 2.05) is 0 Å². The molecule has 4 saturated carbocycles. The van der Waals surface area contributed by atoms with E-state index >= 15 is 0 Å². The molecular weight excluding hydrogens is 342 g/mol. The molecule has 7 unspecified atom stereocenters. The Labute approximate surface area is 171 Å². The number of fused-ring (bicyclic) bond motifs is 2. The van der Waals surface area contributed by atoms with Crippen molar-refractivity contribution in [1.82, 2.24) is 4.90 Å². The Hall–Kier alpha value is -0.890. The molecule has 7 atom stereocenters. The highest BCUT2D eigenvalue weighted by atomic mass is 16.1. The Balaban J connectivity index is 1.60. The van der Waals surface area contributed by atoms with Crippen molar-refractivity contribution in [3.63, 3.8) is 0 Å². The zero-order valence-corrected chi connectivity index (χ0v) is 19.1. The van der Waals surface area contributed by atoms with Crippen LogP contribution in [0.4, 0.5) is 0 Å². The highest BCUT2D eigenvalue weighted by molar-refractivity contribution is 6.00. The number of rotatable bonds is 1. The monoisotopic (exact) mass is 381 g/mol. The van der Waals surface area contributed by atoms with Gasteiger partial charge in [-0.15, -0.1) is 0 Å². The van der Waals surface area contributed by atoms with Crippen molar-refractivity contribution in [2.24, 2.45) is 38.9 Å². The predicted octanol–water partition coefficient (Wildman–Crippen LogP) is 5.64. The second-order valence-corrected chi connectivity index (χ2v) is 12.2. The first-order valence-corrected chi connectivity index (χ1v) is 11.5. The highest BCUT2D eigenvalue weighted by Gasteiger charge is 2.81. The van der Waals surface area contributed by atoms with Crippen molar-refractivity contribution in [3.05, 3.63) is 23.8 Å². The maximum absolute atomic E-state index is 13.0. The van der Waals surface area contributed by atoms with Crippen LogP contribution in [0.25, 0.3) is 0 Å². The molecule has 0 aliphatic heterocycles. The minimum Gasteiger partial charge on any atom is -0.306 e. The smallest absolute Gasteiger partial charge is 0.159 e. The number of nitrogens with zero attached hydrogens (tertiary/aromatic N) is 1. The SMILES string of the molecule is CC=C1C(=O)CC2(C)C3C=CC4C(C)(C)C(N(C)C)CCC45CC35CCC12C. The summed E-state index contributed by atoms with van der Waals surface area (Å²) >= 11 is 0. The molecule has 2 heteroatoms. The summed E-state index contributed by atoms with van der Waals surface area (Å²) < 4.78 is 0. The van der Waals surface area contributed by atoms with Gasteiger partial charge in [0.2, 0.25) is 0 Å². The maximum atomic E-state index is 13.0. The summed E-state index contributed by atoms with van der Waals surface area (Å²) in [7, 11) is 4.52. The zero-order valence-electron chi connectivity index (χ0n) is 19.1. The van der Waals surface area contributed by atoms with E-state index in [0.717, 1.165) is 12.0 Å². The van der Waals surface area contributed by atoms with Crippen LogP contribution in [0.5, 0.6) is 0 Å². The average molecular weight is 382 g/mol. The third-order valence-corrected chi connectivity index (χ3v) is 11.1. The van der Waals surface area contributed by atoms with Crippen molar-refractivity contribution in [3.8, 4) is 0 Å². The van der Waals surface area contributed by atoms with Crippen LogP contribution in [0, 0.1) is 38.9 Å². The lowest BCUT2D eigenvalue weighted by Crippen LogP contribution is -2.57. The largest absolute Gasteiger partial charge is 0.306 e. The van der Waals surface area contributed by atoms with Crippen LogP contribution in [0.1, 0.15) is 73.1 Å². The van der Waals surface area contributed by atoms with Crippen LogP contribution in [-0.4, -0.2) is 30.8 Å². The lowest BCUT2D eigenvalue weighted by Gasteiger charge is -2.60. The molecule has 0 radical (unpaired) electrons. The van der Waals surface area contributed by atoms with Crippen LogP contribution in [0.2, 0.25) is 0 Å². The van der Waals surface area contributed by atoms with Gasteiger partial charge in [-0.3, -0.25) is 4.79 Å². The molecule has 0 aromatic carbocycles. The van der Waals surface area contributed by atoms with E-state index in [-0.39, 0.29) is 10.8 Å².